The number of aromatic amines is 1. The second-order valence-corrected chi connectivity index (χ2v) is 7.55. The van der Waals surface area contributed by atoms with E-state index in [0.717, 1.165) is 16.5 Å². The summed E-state index contributed by atoms with van der Waals surface area (Å²) in [6, 6.07) is 7.06. The lowest BCUT2D eigenvalue weighted by atomic mass is 9.81. The van der Waals surface area contributed by atoms with Crippen molar-refractivity contribution in [2.45, 2.75) is 39.2 Å². The fraction of sp³-hybridized carbons (Fsp3) is 0.450. The Morgan fingerprint density at radius 1 is 1.33 bits per heavy atom. The van der Waals surface area contributed by atoms with Crippen LogP contribution in [0.2, 0.25) is 0 Å². The SMILES string of the molecule is CC(=O)NC(Cc1c[nH]c2ccccc12)C(=O)N1CCCC(C)(C(=O)O)C1. The molecule has 2 amide bonds. The van der Waals surface area contributed by atoms with E-state index in [9.17, 15) is 19.5 Å². The van der Waals surface area contributed by atoms with Gasteiger partial charge < -0.3 is 20.3 Å². The van der Waals surface area contributed by atoms with E-state index >= 15 is 0 Å². The third-order valence-corrected chi connectivity index (χ3v) is 5.30. The molecule has 1 aromatic heterocycles. The lowest BCUT2D eigenvalue weighted by molar-refractivity contribution is -0.154. The highest BCUT2D eigenvalue weighted by atomic mass is 16.4. The van der Waals surface area contributed by atoms with Crippen molar-refractivity contribution in [3.63, 3.8) is 0 Å². The van der Waals surface area contributed by atoms with Crippen LogP contribution in [0.15, 0.2) is 30.5 Å². The van der Waals surface area contributed by atoms with Gasteiger partial charge in [-0.15, -0.1) is 0 Å². The molecule has 2 atom stereocenters. The molecule has 3 rings (SSSR count). The molecule has 1 aliphatic heterocycles. The summed E-state index contributed by atoms with van der Waals surface area (Å²) < 4.78 is 0. The molecule has 2 aromatic rings. The molecule has 2 heterocycles. The lowest BCUT2D eigenvalue weighted by Gasteiger charge is -2.39. The fourth-order valence-corrected chi connectivity index (χ4v) is 3.79. The van der Waals surface area contributed by atoms with Gasteiger partial charge in [-0.05, 0) is 31.4 Å². The molecule has 1 aromatic carbocycles. The molecule has 0 radical (unpaired) electrons. The van der Waals surface area contributed by atoms with Crippen LogP contribution in [0.1, 0.15) is 32.3 Å². The molecule has 7 nitrogen and oxygen atoms in total. The molecule has 7 heteroatoms. The number of amides is 2. The zero-order chi connectivity index (χ0) is 19.6. The van der Waals surface area contributed by atoms with E-state index in [1.54, 1.807) is 11.8 Å². The Balaban J connectivity index is 1.82. The Kier molecular flexibility index (Phi) is 5.21. The van der Waals surface area contributed by atoms with Crippen LogP contribution in [-0.2, 0) is 20.8 Å². The van der Waals surface area contributed by atoms with Crippen molar-refractivity contribution in [2.24, 2.45) is 5.41 Å². The smallest absolute Gasteiger partial charge is 0.311 e. The Labute approximate surface area is 157 Å². The molecule has 1 aliphatic rings. The maximum absolute atomic E-state index is 13.1. The summed E-state index contributed by atoms with van der Waals surface area (Å²) in [4.78, 5) is 41.1. The average Bonchev–Trinajstić information content (AvgIpc) is 3.03. The first-order valence-corrected chi connectivity index (χ1v) is 9.14. The number of benzene rings is 1. The Morgan fingerprint density at radius 3 is 2.78 bits per heavy atom. The van der Waals surface area contributed by atoms with Gasteiger partial charge in [0.1, 0.15) is 6.04 Å². The number of rotatable bonds is 5. The number of nitrogens with one attached hydrogen (secondary N) is 2. The van der Waals surface area contributed by atoms with Gasteiger partial charge in [0.25, 0.3) is 0 Å². The first kappa shape index (κ1) is 18.9. The van der Waals surface area contributed by atoms with Crippen LogP contribution >= 0.6 is 0 Å². The summed E-state index contributed by atoms with van der Waals surface area (Å²) >= 11 is 0. The predicted octanol–water partition coefficient (Wildman–Crippen LogP) is 1.93. The van der Waals surface area contributed by atoms with Crippen LogP contribution in [0.3, 0.4) is 0 Å². The molecule has 27 heavy (non-hydrogen) atoms. The minimum Gasteiger partial charge on any atom is -0.481 e. The summed E-state index contributed by atoms with van der Waals surface area (Å²) in [7, 11) is 0. The van der Waals surface area contributed by atoms with Crippen molar-refractivity contribution in [3.8, 4) is 0 Å². The highest BCUT2D eigenvalue weighted by Gasteiger charge is 2.40. The highest BCUT2D eigenvalue weighted by molar-refractivity contribution is 5.89. The number of aromatic nitrogens is 1. The number of carboxylic acids is 1. The van der Waals surface area contributed by atoms with Gasteiger partial charge in [0.2, 0.25) is 11.8 Å². The van der Waals surface area contributed by atoms with E-state index in [4.69, 9.17) is 0 Å². The first-order valence-electron chi connectivity index (χ1n) is 9.14. The molecular weight excluding hydrogens is 346 g/mol. The van der Waals surface area contributed by atoms with Gasteiger partial charge in [-0.25, -0.2) is 0 Å². The molecule has 1 fully saturated rings. The van der Waals surface area contributed by atoms with Crippen LogP contribution in [0.4, 0.5) is 0 Å². The van der Waals surface area contributed by atoms with Crippen molar-refractivity contribution in [2.75, 3.05) is 13.1 Å². The normalized spacial score (nSPS) is 21.0. The number of para-hydroxylation sites is 1. The van der Waals surface area contributed by atoms with Gasteiger partial charge >= 0.3 is 5.97 Å². The largest absolute Gasteiger partial charge is 0.481 e. The number of piperidine rings is 1. The molecule has 0 spiro atoms. The van der Waals surface area contributed by atoms with E-state index in [1.807, 2.05) is 30.5 Å². The van der Waals surface area contributed by atoms with Crippen LogP contribution in [-0.4, -0.2) is 51.9 Å². The van der Waals surface area contributed by atoms with Gasteiger partial charge in [-0.3, -0.25) is 14.4 Å². The summed E-state index contributed by atoms with van der Waals surface area (Å²) in [6.45, 7) is 3.71. The van der Waals surface area contributed by atoms with Crippen LogP contribution in [0, 0.1) is 5.41 Å². The molecule has 3 N–H and O–H groups in total. The maximum Gasteiger partial charge on any atom is 0.311 e. The van der Waals surface area contributed by atoms with Gasteiger partial charge in [0.15, 0.2) is 0 Å². The second kappa shape index (κ2) is 7.42. The van der Waals surface area contributed by atoms with Crippen molar-refractivity contribution < 1.29 is 19.5 Å². The number of hydrogen-bond acceptors (Lipinski definition) is 3. The Bertz CT molecular complexity index is 875. The van der Waals surface area contributed by atoms with Crippen molar-refractivity contribution in [1.82, 2.24) is 15.2 Å². The van der Waals surface area contributed by atoms with Crippen molar-refractivity contribution in [1.29, 1.82) is 0 Å². The number of hydrogen-bond donors (Lipinski definition) is 3. The maximum atomic E-state index is 13.1. The van der Waals surface area contributed by atoms with Crippen molar-refractivity contribution >= 4 is 28.7 Å². The molecule has 0 aliphatic carbocycles. The van der Waals surface area contributed by atoms with E-state index < -0.39 is 17.4 Å². The van der Waals surface area contributed by atoms with Crippen LogP contribution in [0.25, 0.3) is 10.9 Å². The third-order valence-electron chi connectivity index (χ3n) is 5.30. The number of likely N-dealkylation sites (tertiary alicyclic amines) is 1. The molecule has 2 unspecified atom stereocenters. The average molecular weight is 371 g/mol. The number of fused-ring (bicyclic) bond motifs is 1. The first-order chi connectivity index (χ1) is 12.8. The van der Waals surface area contributed by atoms with Crippen molar-refractivity contribution in [3.05, 3.63) is 36.0 Å². The minimum atomic E-state index is -0.949. The third kappa shape index (κ3) is 3.97. The van der Waals surface area contributed by atoms with E-state index in [2.05, 4.69) is 10.3 Å². The standard InChI is InChI=1S/C20H25N3O4/c1-13(24)22-17(10-14-11-21-16-7-4-3-6-15(14)16)18(25)23-9-5-8-20(2,12-23)19(26)27/h3-4,6-7,11,17,21H,5,8-10,12H2,1-2H3,(H,22,24)(H,26,27). The quantitative estimate of drug-likeness (QED) is 0.747. The summed E-state index contributed by atoms with van der Waals surface area (Å²) in [5.74, 6) is -1.42. The number of nitrogens with zero attached hydrogens (tertiary/aromatic N) is 1. The molecule has 1 saturated heterocycles. The topological polar surface area (TPSA) is 103 Å². The minimum absolute atomic E-state index is 0.158. The zero-order valence-electron chi connectivity index (χ0n) is 15.6. The second-order valence-electron chi connectivity index (χ2n) is 7.55. The summed E-state index contributed by atoms with van der Waals surface area (Å²) in [5, 5.41) is 13.2. The number of H-pyrrole nitrogens is 1. The van der Waals surface area contributed by atoms with E-state index in [-0.39, 0.29) is 18.4 Å². The Morgan fingerprint density at radius 2 is 2.07 bits per heavy atom. The fourth-order valence-electron chi connectivity index (χ4n) is 3.79. The molecule has 0 saturated carbocycles. The zero-order valence-corrected chi connectivity index (χ0v) is 15.6. The summed E-state index contributed by atoms with van der Waals surface area (Å²) in [6.07, 6.45) is 3.38. The van der Waals surface area contributed by atoms with E-state index in [1.165, 1.54) is 6.92 Å². The highest BCUT2D eigenvalue weighted by Crippen LogP contribution is 2.30. The molecule has 0 bridgehead atoms. The number of carboxylic acid groups (broad SMARTS) is 1. The molecule has 144 valence electrons. The van der Waals surface area contributed by atoms with E-state index in [0.29, 0.717) is 25.8 Å². The predicted molar refractivity (Wildman–Crippen MR) is 101 cm³/mol. The van der Waals surface area contributed by atoms with Gasteiger partial charge in [0.05, 0.1) is 5.41 Å². The van der Waals surface area contributed by atoms with Crippen LogP contribution in [0.5, 0.6) is 0 Å². The number of carbonyl (C=O) groups excluding carboxylic acids is 2. The number of aliphatic carboxylic acids is 1. The lowest BCUT2D eigenvalue weighted by Crippen LogP contribution is -2.55. The Hall–Kier alpha value is -2.83. The van der Waals surface area contributed by atoms with Gasteiger partial charge in [-0.2, -0.15) is 0 Å². The van der Waals surface area contributed by atoms with Gasteiger partial charge in [0, 0.05) is 43.5 Å². The number of carbonyl (C=O) groups is 3. The summed E-state index contributed by atoms with van der Waals surface area (Å²) in [5.41, 5.74) is 0.962. The van der Waals surface area contributed by atoms with Gasteiger partial charge in [-0.1, -0.05) is 18.2 Å². The monoisotopic (exact) mass is 371 g/mol. The molecular formula is C20H25N3O4. The van der Waals surface area contributed by atoms with Crippen LogP contribution < -0.4 is 5.32 Å².